The van der Waals surface area contributed by atoms with Crippen molar-refractivity contribution in [2.24, 2.45) is 0 Å². The van der Waals surface area contributed by atoms with Crippen molar-refractivity contribution in [3.8, 4) is 5.75 Å². The first kappa shape index (κ1) is 9.69. The van der Waals surface area contributed by atoms with E-state index in [1.807, 2.05) is 13.8 Å². The number of halogens is 2. The lowest BCUT2D eigenvalue weighted by Crippen LogP contribution is -2.06. The second kappa shape index (κ2) is 4.01. The van der Waals surface area contributed by atoms with E-state index in [4.69, 9.17) is 27.9 Å². The summed E-state index contributed by atoms with van der Waals surface area (Å²) >= 11 is 11.7. The van der Waals surface area contributed by atoms with Gasteiger partial charge in [-0.15, -0.1) is 0 Å². The molecule has 65 valence electrons. The van der Waals surface area contributed by atoms with Crippen LogP contribution in [0.1, 0.15) is 13.8 Å². The average molecular weight is 204 g/mol. The van der Waals surface area contributed by atoms with Gasteiger partial charge in [-0.25, -0.2) is 0 Å². The predicted molar refractivity (Wildman–Crippen MR) is 51.1 cm³/mol. The predicted octanol–water partition coefficient (Wildman–Crippen LogP) is 3.58. The highest BCUT2D eigenvalue weighted by molar-refractivity contribution is 6.37. The molecular weight excluding hydrogens is 195 g/mol. The Kier molecular flexibility index (Phi) is 3.24. The summed E-state index contributed by atoms with van der Waals surface area (Å²) in [6.45, 7) is 3.83. The minimum absolute atomic E-state index is 0.0656. The van der Waals surface area contributed by atoms with E-state index in [1.54, 1.807) is 12.1 Å². The van der Waals surface area contributed by atoms with Crippen LogP contribution in [0.15, 0.2) is 12.1 Å². The van der Waals surface area contributed by atoms with Crippen LogP contribution in [-0.4, -0.2) is 6.10 Å². The van der Waals surface area contributed by atoms with Crippen molar-refractivity contribution in [3.05, 3.63) is 28.2 Å². The molecule has 0 fully saturated rings. The van der Waals surface area contributed by atoms with Gasteiger partial charge in [-0.2, -0.15) is 0 Å². The van der Waals surface area contributed by atoms with E-state index < -0.39 is 0 Å². The molecule has 0 N–H and O–H groups in total. The van der Waals surface area contributed by atoms with Crippen LogP contribution < -0.4 is 4.74 Å². The second-order valence-electron chi connectivity index (χ2n) is 2.64. The summed E-state index contributed by atoms with van der Waals surface area (Å²) in [5.74, 6) is 0.510. The summed E-state index contributed by atoms with van der Waals surface area (Å²) in [5, 5.41) is 0.948. The molecule has 1 nitrogen and oxygen atoms in total. The molecule has 0 spiro atoms. The molecule has 0 atom stereocenters. The standard InChI is InChI=1S/C9H9Cl2O/c1-6(2)12-9-7(10)4-3-5-8(9)11/h3-4,6H,1-2H3. The quantitative estimate of drug-likeness (QED) is 0.715. The summed E-state index contributed by atoms with van der Waals surface area (Å²) in [7, 11) is 0. The highest BCUT2D eigenvalue weighted by Crippen LogP contribution is 2.32. The molecule has 1 radical (unpaired) electrons. The SMILES string of the molecule is CC(C)Oc1c(Cl)[c]ccc1Cl. The smallest absolute Gasteiger partial charge is 0.157 e. The summed E-state index contributed by atoms with van der Waals surface area (Å²) in [6, 6.07) is 6.17. The minimum Gasteiger partial charge on any atom is -0.488 e. The van der Waals surface area contributed by atoms with Crippen molar-refractivity contribution >= 4 is 23.2 Å². The highest BCUT2D eigenvalue weighted by atomic mass is 35.5. The number of rotatable bonds is 2. The molecule has 1 rings (SSSR count). The van der Waals surface area contributed by atoms with Gasteiger partial charge in [-0.3, -0.25) is 0 Å². The Hall–Kier alpha value is -0.400. The summed E-state index contributed by atoms with van der Waals surface area (Å²) in [5.41, 5.74) is 0. The van der Waals surface area contributed by atoms with Gasteiger partial charge >= 0.3 is 0 Å². The van der Waals surface area contributed by atoms with Crippen molar-refractivity contribution in [2.45, 2.75) is 20.0 Å². The molecule has 0 saturated heterocycles. The van der Waals surface area contributed by atoms with Crippen molar-refractivity contribution < 1.29 is 4.74 Å². The van der Waals surface area contributed by atoms with Gasteiger partial charge in [-0.1, -0.05) is 29.3 Å². The third-order valence-electron chi connectivity index (χ3n) is 1.21. The molecule has 0 bridgehead atoms. The number of hydrogen-bond acceptors (Lipinski definition) is 1. The van der Waals surface area contributed by atoms with Gasteiger partial charge in [0.25, 0.3) is 0 Å². The van der Waals surface area contributed by atoms with E-state index in [-0.39, 0.29) is 6.10 Å². The van der Waals surface area contributed by atoms with Crippen molar-refractivity contribution in [1.82, 2.24) is 0 Å². The van der Waals surface area contributed by atoms with Crippen molar-refractivity contribution in [2.75, 3.05) is 0 Å². The molecule has 0 aliphatic carbocycles. The van der Waals surface area contributed by atoms with Gasteiger partial charge in [0.1, 0.15) is 0 Å². The first-order valence-electron chi connectivity index (χ1n) is 3.63. The molecule has 0 saturated carbocycles. The van der Waals surface area contributed by atoms with Gasteiger partial charge in [0.05, 0.1) is 16.1 Å². The Morgan fingerprint density at radius 1 is 1.42 bits per heavy atom. The first-order chi connectivity index (χ1) is 5.61. The fourth-order valence-electron chi connectivity index (χ4n) is 0.778. The molecule has 0 heterocycles. The molecular formula is C9H9Cl2O. The normalized spacial score (nSPS) is 10.4. The van der Waals surface area contributed by atoms with Crippen LogP contribution in [0.4, 0.5) is 0 Å². The zero-order valence-electron chi connectivity index (χ0n) is 6.90. The minimum atomic E-state index is 0.0656. The highest BCUT2D eigenvalue weighted by Gasteiger charge is 2.07. The molecule has 0 aliphatic rings. The maximum atomic E-state index is 5.84. The van der Waals surface area contributed by atoms with Crippen LogP contribution in [0.3, 0.4) is 0 Å². The Morgan fingerprint density at radius 3 is 2.58 bits per heavy atom. The maximum absolute atomic E-state index is 5.84. The largest absolute Gasteiger partial charge is 0.488 e. The van der Waals surface area contributed by atoms with E-state index in [0.29, 0.717) is 15.8 Å². The molecule has 1 aromatic carbocycles. The lowest BCUT2D eigenvalue weighted by molar-refractivity contribution is 0.242. The Balaban J connectivity index is 2.96. The summed E-state index contributed by atoms with van der Waals surface area (Å²) in [6.07, 6.45) is 0.0656. The second-order valence-corrected chi connectivity index (χ2v) is 3.42. The third kappa shape index (κ3) is 2.29. The van der Waals surface area contributed by atoms with Crippen molar-refractivity contribution in [3.63, 3.8) is 0 Å². The lowest BCUT2D eigenvalue weighted by atomic mass is 10.3. The zero-order valence-corrected chi connectivity index (χ0v) is 8.41. The Morgan fingerprint density at radius 2 is 2.08 bits per heavy atom. The average Bonchev–Trinajstić information content (AvgIpc) is 1.97. The monoisotopic (exact) mass is 203 g/mol. The van der Waals surface area contributed by atoms with E-state index in [0.717, 1.165) is 0 Å². The van der Waals surface area contributed by atoms with Gasteiger partial charge < -0.3 is 4.74 Å². The maximum Gasteiger partial charge on any atom is 0.157 e. The lowest BCUT2D eigenvalue weighted by Gasteiger charge is -2.11. The van der Waals surface area contributed by atoms with E-state index in [1.165, 1.54) is 0 Å². The molecule has 0 unspecified atom stereocenters. The van der Waals surface area contributed by atoms with Crippen LogP contribution in [-0.2, 0) is 0 Å². The fourth-order valence-corrected chi connectivity index (χ4v) is 1.24. The van der Waals surface area contributed by atoms with Crippen LogP contribution >= 0.6 is 23.2 Å². The molecule has 3 heteroatoms. The zero-order chi connectivity index (χ0) is 9.14. The van der Waals surface area contributed by atoms with Crippen LogP contribution in [0, 0.1) is 6.07 Å². The summed E-state index contributed by atoms with van der Waals surface area (Å²) in [4.78, 5) is 0. The molecule has 0 amide bonds. The topological polar surface area (TPSA) is 9.23 Å². The van der Waals surface area contributed by atoms with Gasteiger partial charge in [0, 0.05) is 6.07 Å². The van der Waals surface area contributed by atoms with Gasteiger partial charge in [0.15, 0.2) is 5.75 Å². The Labute approximate surface area is 82.2 Å². The molecule has 0 aliphatic heterocycles. The Bertz CT molecular complexity index is 251. The fraction of sp³-hybridized carbons (Fsp3) is 0.333. The first-order valence-corrected chi connectivity index (χ1v) is 4.39. The third-order valence-corrected chi connectivity index (χ3v) is 1.79. The van der Waals surface area contributed by atoms with Crippen LogP contribution in [0.5, 0.6) is 5.75 Å². The summed E-state index contributed by atoms with van der Waals surface area (Å²) < 4.78 is 5.38. The van der Waals surface area contributed by atoms with Gasteiger partial charge in [0.2, 0.25) is 0 Å². The van der Waals surface area contributed by atoms with Gasteiger partial charge in [-0.05, 0) is 19.9 Å². The molecule has 12 heavy (non-hydrogen) atoms. The van der Waals surface area contributed by atoms with Crippen molar-refractivity contribution in [1.29, 1.82) is 0 Å². The van der Waals surface area contributed by atoms with Crippen LogP contribution in [0.2, 0.25) is 10.0 Å². The molecule has 1 aromatic rings. The number of benzene rings is 1. The van der Waals surface area contributed by atoms with E-state index in [2.05, 4.69) is 6.07 Å². The number of hydrogen-bond donors (Lipinski definition) is 0. The van der Waals surface area contributed by atoms with E-state index in [9.17, 15) is 0 Å². The number of ether oxygens (including phenoxy) is 1. The molecule has 0 aromatic heterocycles. The van der Waals surface area contributed by atoms with Crippen LogP contribution in [0.25, 0.3) is 0 Å². The van der Waals surface area contributed by atoms with E-state index >= 15 is 0 Å².